The summed E-state index contributed by atoms with van der Waals surface area (Å²) in [6.07, 6.45) is 0.227. The SMILES string of the molecule is CC(C)OCCNC(=O)CN1CCNCC1. The molecule has 0 aliphatic carbocycles. The molecule has 0 aromatic rings. The average Bonchev–Trinajstić information content (AvgIpc) is 2.25. The Labute approximate surface area is 97.5 Å². The molecule has 0 saturated carbocycles. The number of carbonyl (C=O) groups is 1. The van der Waals surface area contributed by atoms with Crippen molar-refractivity contribution in [3.63, 3.8) is 0 Å². The highest BCUT2D eigenvalue weighted by molar-refractivity contribution is 5.77. The molecule has 2 N–H and O–H groups in total. The summed E-state index contributed by atoms with van der Waals surface area (Å²) in [6, 6.07) is 0. The fourth-order valence-electron chi connectivity index (χ4n) is 1.61. The lowest BCUT2D eigenvalue weighted by Gasteiger charge is -2.26. The summed E-state index contributed by atoms with van der Waals surface area (Å²) in [5.41, 5.74) is 0. The summed E-state index contributed by atoms with van der Waals surface area (Å²) < 4.78 is 5.34. The third-order valence-corrected chi connectivity index (χ3v) is 2.45. The number of ether oxygens (including phenoxy) is 1. The Morgan fingerprint density at radius 1 is 1.44 bits per heavy atom. The first kappa shape index (κ1) is 13.4. The van der Waals surface area contributed by atoms with Gasteiger partial charge in [0, 0.05) is 32.7 Å². The van der Waals surface area contributed by atoms with Gasteiger partial charge in [0.2, 0.25) is 5.91 Å². The normalized spacial score (nSPS) is 17.7. The fourth-order valence-corrected chi connectivity index (χ4v) is 1.61. The van der Waals surface area contributed by atoms with Crippen molar-refractivity contribution in [2.24, 2.45) is 0 Å². The van der Waals surface area contributed by atoms with Crippen LogP contribution in [0.4, 0.5) is 0 Å². The second-order valence-electron chi connectivity index (χ2n) is 4.30. The summed E-state index contributed by atoms with van der Waals surface area (Å²) in [5.74, 6) is 0.0919. The molecule has 0 atom stereocenters. The van der Waals surface area contributed by atoms with Crippen molar-refractivity contribution >= 4 is 5.91 Å². The van der Waals surface area contributed by atoms with Crippen LogP contribution in [0.15, 0.2) is 0 Å². The van der Waals surface area contributed by atoms with E-state index in [0.29, 0.717) is 19.7 Å². The molecule has 0 unspecified atom stereocenters. The van der Waals surface area contributed by atoms with Crippen LogP contribution in [0.3, 0.4) is 0 Å². The molecule has 1 aliphatic rings. The van der Waals surface area contributed by atoms with E-state index in [0.717, 1.165) is 26.2 Å². The molecule has 16 heavy (non-hydrogen) atoms. The Morgan fingerprint density at radius 3 is 2.75 bits per heavy atom. The second-order valence-corrected chi connectivity index (χ2v) is 4.30. The number of nitrogens with one attached hydrogen (secondary N) is 2. The first-order valence-electron chi connectivity index (χ1n) is 6.00. The fraction of sp³-hybridized carbons (Fsp3) is 0.909. The lowest BCUT2D eigenvalue weighted by atomic mass is 10.3. The van der Waals surface area contributed by atoms with Gasteiger partial charge in [0.05, 0.1) is 19.3 Å². The van der Waals surface area contributed by atoms with E-state index in [2.05, 4.69) is 15.5 Å². The van der Waals surface area contributed by atoms with Crippen LogP contribution in [-0.2, 0) is 9.53 Å². The topological polar surface area (TPSA) is 53.6 Å². The van der Waals surface area contributed by atoms with Gasteiger partial charge in [-0.1, -0.05) is 0 Å². The number of piperazine rings is 1. The molecule has 1 saturated heterocycles. The van der Waals surface area contributed by atoms with Crippen molar-refractivity contribution in [2.75, 3.05) is 45.9 Å². The lowest BCUT2D eigenvalue weighted by molar-refractivity contribution is -0.122. The summed E-state index contributed by atoms with van der Waals surface area (Å²) in [5, 5.41) is 6.12. The first-order chi connectivity index (χ1) is 7.68. The minimum Gasteiger partial charge on any atom is -0.377 e. The molecular weight excluding hydrogens is 206 g/mol. The van der Waals surface area contributed by atoms with Crippen LogP contribution in [0.2, 0.25) is 0 Å². The molecule has 1 heterocycles. The van der Waals surface area contributed by atoms with E-state index >= 15 is 0 Å². The molecule has 0 radical (unpaired) electrons. The van der Waals surface area contributed by atoms with Crippen molar-refractivity contribution in [1.82, 2.24) is 15.5 Å². The van der Waals surface area contributed by atoms with E-state index in [1.807, 2.05) is 13.8 Å². The van der Waals surface area contributed by atoms with Crippen molar-refractivity contribution in [3.05, 3.63) is 0 Å². The standard InChI is InChI=1S/C11H23N3O2/c1-10(2)16-8-5-13-11(15)9-14-6-3-12-4-7-14/h10,12H,3-9H2,1-2H3,(H,13,15). The van der Waals surface area contributed by atoms with Gasteiger partial charge in [-0.15, -0.1) is 0 Å². The summed E-state index contributed by atoms with van der Waals surface area (Å²) in [7, 11) is 0. The van der Waals surface area contributed by atoms with Crippen molar-refractivity contribution in [1.29, 1.82) is 0 Å². The van der Waals surface area contributed by atoms with Gasteiger partial charge in [0.15, 0.2) is 0 Å². The maximum Gasteiger partial charge on any atom is 0.234 e. The van der Waals surface area contributed by atoms with Gasteiger partial charge in [0.25, 0.3) is 0 Å². The van der Waals surface area contributed by atoms with Gasteiger partial charge in [-0.2, -0.15) is 0 Å². The van der Waals surface area contributed by atoms with Gasteiger partial charge in [-0.25, -0.2) is 0 Å². The molecule has 0 aromatic carbocycles. The van der Waals surface area contributed by atoms with E-state index in [9.17, 15) is 4.79 Å². The third-order valence-electron chi connectivity index (χ3n) is 2.45. The van der Waals surface area contributed by atoms with E-state index in [4.69, 9.17) is 4.74 Å². The molecule has 0 bridgehead atoms. The summed E-state index contributed by atoms with van der Waals surface area (Å²) >= 11 is 0. The quantitative estimate of drug-likeness (QED) is 0.599. The van der Waals surface area contributed by atoms with Crippen LogP contribution in [0.25, 0.3) is 0 Å². The minimum absolute atomic E-state index is 0.0919. The first-order valence-corrected chi connectivity index (χ1v) is 6.00. The number of nitrogens with zero attached hydrogens (tertiary/aromatic N) is 1. The molecule has 1 rings (SSSR count). The summed E-state index contributed by atoms with van der Waals surface area (Å²) in [6.45, 7) is 9.53. The van der Waals surface area contributed by atoms with Gasteiger partial charge in [-0.3, -0.25) is 9.69 Å². The molecule has 5 heteroatoms. The number of amides is 1. The third kappa shape index (κ3) is 6.05. The molecule has 5 nitrogen and oxygen atoms in total. The van der Waals surface area contributed by atoms with Crippen LogP contribution < -0.4 is 10.6 Å². The van der Waals surface area contributed by atoms with Crippen LogP contribution >= 0.6 is 0 Å². The predicted molar refractivity (Wildman–Crippen MR) is 63.4 cm³/mol. The number of hydrogen-bond donors (Lipinski definition) is 2. The lowest BCUT2D eigenvalue weighted by Crippen LogP contribution is -2.47. The van der Waals surface area contributed by atoms with Gasteiger partial charge in [0.1, 0.15) is 0 Å². The van der Waals surface area contributed by atoms with Crippen LogP contribution in [0, 0.1) is 0 Å². The van der Waals surface area contributed by atoms with E-state index in [1.54, 1.807) is 0 Å². The van der Waals surface area contributed by atoms with E-state index in [1.165, 1.54) is 0 Å². The smallest absolute Gasteiger partial charge is 0.234 e. The minimum atomic E-state index is 0.0919. The Balaban J connectivity index is 2.01. The molecule has 0 aromatic heterocycles. The average molecular weight is 229 g/mol. The predicted octanol–water partition coefficient (Wildman–Crippen LogP) is -0.567. The zero-order chi connectivity index (χ0) is 11.8. The van der Waals surface area contributed by atoms with Gasteiger partial charge < -0.3 is 15.4 Å². The molecular formula is C11H23N3O2. The summed E-state index contributed by atoms with van der Waals surface area (Å²) in [4.78, 5) is 13.7. The Kier molecular flexibility index (Phi) is 6.37. The monoisotopic (exact) mass is 229 g/mol. The Morgan fingerprint density at radius 2 is 2.12 bits per heavy atom. The van der Waals surface area contributed by atoms with Crippen LogP contribution in [-0.4, -0.2) is 62.8 Å². The maximum atomic E-state index is 11.5. The largest absolute Gasteiger partial charge is 0.377 e. The number of hydrogen-bond acceptors (Lipinski definition) is 4. The van der Waals surface area contributed by atoms with Crippen molar-refractivity contribution in [3.8, 4) is 0 Å². The van der Waals surface area contributed by atoms with Gasteiger partial charge in [-0.05, 0) is 13.8 Å². The number of rotatable bonds is 6. The van der Waals surface area contributed by atoms with Gasteiger partial charge >= 0.3 is 0 Å². The Hall–Kier alpha value is -0.650. The van der Waals surface area contributed by atoms with E-state index < -0.39 is 0 Å². The number of carbonyl (C=O) groups excluding carboxylic acids is 1. The zero-order valence-electron chi connectivity index (χ0n) is 10.3. The highest BCUT2D eigenvalue weighted by Gasteiger charge is 2.12. The molecule has 0 spiro atoms. The van der Waals surface area contributed by atoms with Crippen LogP contribution in [0.5, 0.6) is 0 Å². The second kappa shape index (κ2) is 7.60. The molecule has 1 fully saturated rings. The highest BCUT2D eigenvalue weighted by atomic mass is 16.5. The molecule has 94 valence electrons. The zero-order valence-corrected chi connectivity index (χ0v) is 10.3. The maximum absolute atomic E-state index is 11.5. The molecule has 1 amide bonds. The van der Waals surface area contributed by atoms with Crippen molar-refractivity contribution < 1.29 is 9.53 Å². The van der Waals surface area contributed by atoms with E-state index in [-0.39, 0.29) is 12.0 Å². The van der Waals surface area contributed by atoms with Crippen LogP contribution in [0.1, 0.15) is 13.8 Å². The Bertz CT molecular complexity index is 203. The highest BCUT2D eigenvalue weighted by Crippen LogP contribution is 1.91. The molecule has 1 aliphatic heterocycles. The van der Waals surface area contributed by atoms with Crippen molar-refractivity contribution in [2.45, 2.75) is 20.0 Å².